The predicted molar refractivity (Wildman–Crippen MR) is 64.5 cm³/mol. The molecule has 0 atom stereocenters. The van der Waals surface area contributed by atoms with Gasteiger partial charge in [-0.2, -0.15) is 0 Å². The Labute approximate surface area is 103 Å². The molecule has 1 saturated heterocycles. The number of aromatic nitrogens is 1. The first kappa shape index (κ1) is 11.7. The van der Waals surface area contributed by atoms with Crippen LogP contribution < -0.4 is 11.1 Å². The molecule has 0 spiro atoms. The van der Waals surface area contributed by atoms with E-state index in [0.717, 1.165) is 4.90 Å². The number of carbonyl (C=O) groups is 2. The molecule has 1 aromatic heterocycles. The first-order valence-corrected chi connectivity index (χ1v) is 6.08. The molecule has 0 saturated carbocycles. The first-order valence-electron chi connectivity index (χ1n) is 5.09. The van der Waals surface area contributed by atoms with E-state index in [1.807, 2.05) is 6.07 Å². The monoisotopic (exact) mass is 252 g/mol. The highest BCUT2D eigenvalue weighted by Crippen LogP contribution is 2.17. The Morgan fingerprint density at radius 2 is 2.29 bits per heavy atom. The number of urea groups is 1. The van der Waals surface area contributed by atoms with Crippen molar-refractivity contribution in [1.29, 1.82) is 0 Å². The van der Waals surface area contributed by atoms with Gasteiger partial charge in [-0.1, -0.05) is 0 Å². The summed E-state index contributed by atoms with van der Waals surface area (Å²) in [6.45, 7) is 0.507. The molecule has 0 radical (unpaired) electrons. The second kappa shape index (κ2) is 5.05. The van der Waals surface area contributed by atoms with Gasteiger partial charge in [0, 0.05) is 23.4 Å². The fraction of sp³-hybridized carbons (Fsp3) is 0.300. The van der Waals surface area contributed by atoms with Crippen LogP contribution in [0.1, 0.15) is 0 Å². The number of carbonyl (C=O) groups excluding carboxylic acids is 2. The molecule has 1 aromatic rings. The van der Waals surface area contributed by atoms with Crippen LogP contribution in [0.15, 0.2) is 23.2 Å². The van der Waals surface area contributed by atoms with Crippen LogP contribution in [0.25, 0.3) is 0 Å². The minimum atomic E-state index is -0.314. The van der Waals surface area contributed by atoms with E-state index in [4.69, 9.17) is 5.73 Å². The van der Waals surface area contributed by atoms with Crippen LogP contribution in [-0.2, 0) is 4.79 Å². The SMILES string of the molecule is Nc1ccc(SCCN2C(=O)CNC2=O)cn1. The number of pyridine rings is 1. The van der Waals surface area contributed by atoms with Gasteiger partial charge >= 0.3 is 6.03 Å². The molecular formula is C10H12N4O2S. The Morgan fingerprint density at radius 1 is 1.47 bits per heavy atom. The van der Waals surface area contributed by atoms with Gasteiger partial charge in [0.2, 0.25) is 5.91 Å². The number of rotatable bonds is 4. The Morgan fingerprint density at radius 3 is 2.88 bits per heavy atom. The third-order valence-electron chi connectivity index (χ3n) is 2.28. The van der Waals surface area contributed by atoms with Crippen molar-refractivity contribution in [2.24, 2.45) is 0 Å². The number of anilines is 1. The zero-order chi connectivity index (χ0) is 12.3. The molecule has 1 aliphatic heterocycles. The number of nitrogens with zero attached hydrogens (tertiary/aromatic N) is 2. The zero-order valence-corrected chi connectivity index (χ0v) is 9.87. The fourth-order valence-corrected chi connectivity index (χ4v) is 2.21. The Balaban J connectivity index is 1.81. The maximum absolute atomic E-state index is 11.3. The number of hydrogen-bond donors (Lipinski definition) is 2. The summed E-state index contributed by atoms with van der Waals surface area (Å²) in [5, 5.41) is 2.47. The van der Waals surface area contributed by atoms with E-state index < -0.39 is 0 Å². The van der Waals surface area contributed by atoms with Crippen LogP contribution in [0, 0.1) is 0 Å². The molecule has 17 heavy (non-hydrogen) atoms. The summed E-state index contributed by atoms with van der Waals surface area (Å²) in [7, 11) is 0. The molecule has 1 aliphatic rings. The van der Waals surface area contributed by atoms with Crippen LogP contribution >= 0.6 is 11.8 Å². The average Bonchev–Trinajstić information content (AvgIpc) is 2.63. The first-order chi connectivity index (χ1) is 8.16. The summed E-state index contributed by atoms with van der Waals surface area (Å²) in [6.07, 6.45) is 1.67. The lowest BCUT2D eigenvalue weighted by molar-refractivity contribution is -0.124. The molecule has 7 heteroatoms. The van der Waals surface area contributed by atoms with Crippen molar-refractivity contribution in [1.82, 2.24) is 15.2 Å². The van der Waals surface area contributed by atoms with Crippen LogP contribution in [-0.4, -0.2) is 40.7 Å². The van der Waals surface area contributed by atoms with E-state index in [0.29, 0.717) is 18.1 Å². The van der Waals surface area contributed by atoms with Gasteiger partial charge in [0.1, 0.15) is 5.82 Å². The van der Waals surface area contributed by atoms with E-state index in [9.17, 15) is 9.59 Å². The average molecular weight is 252 g/mol. The highest BCUT2D eigenvalue weighted by Gasteiger charge is 2.27. The molecule has 0 aromatic carbocycles. The summed E-state index contributed by atoms with van der Waals surface area (Å²) in [4.78, 5) is 28.6. The second-order valence-electron chi connectivity index (χ2n) is 3.47. The highest BCUT2D eigenvalue weighted by molar-refractivity contribution is 7.99. The smallest absolute Gasteiger partial charge is 0.324 e. The number of nitrogens with two attached hydrogens (primary N) is 1. The van der Waals surface area contributed by atoms with Crippen LogP contribution in [0.2, 0.25) is 0 Å². The fourth-order valence-electron chi connectivity index (χ4n) is 1.41. The number of thioether (sulfide) groups is 1. The van der Waals surface area contributed by atoms with Gasteiger partial charge in [0.05, 0.1) is 6.54 Å². The number of nitrogens with one attached hydrogen (secondary N) is 1. The van der Waals surface area contributed by atoms with E-state index in [1.165, 1.54) is 16.7 Å². The Hall–Kier alpha value is -1.76. The minimum absolute atomic E-state index is 0.104. The molecular weight excluding hydrogens is 240 g/mol. The van der Waals surface area contributed by atoms with Crippen molar-refractivity contribution in [3.63, 3.8) is 0 Å². The number of hydrogen-bond acceptors (Lipinski definition) is 5. The summed E-state index contributed by atoms with van der Waals surface area (Å²) in [6, 6.07) is 3.26. The Kier molecular flexibility index (Phi) is 3.48. The van der Waals surface area contributed by atoms with Gasteiger partial charge in [-0.05, 0) is 12.1 Å². The maximum atomic E-state index is 11.3. The lowest BCUT2D eigenvalue weighted by Crippen LogP contribution is -2.32. The van der Waals surface area contributed by atoms with E-state index in [1.54, 1.807) is 12.3 Å². The molecule has 2 rings (SSSR count). The minimum Gasteiger partial charge on any atom is -0.384 e. The topological polar surface area (TPSA) is 88.3 Å². The highest BCUT2D eigenvalue weighted by atomic mass is 32.2. The third-order valence-corrected chi connectivity index (χ3v) is 3.24. The normalized spacial score (nSPS) is 15.2. The molecule has 6 nitrogen and oxygen atoms in total. The summed E-state index contributed by atoms with van der Waals surface area (Å²) >= 11 is 1.53. The number of nitrogen functional groups attached to an aromatic ring is 1. The zero-order valence-electron chi connectivity index (χ0n) is 9.05. The van der Waals surface area contributed by atoms with Crippen molar-refractivity contribution in [2.45, 2.75) is 4.90 Å². The quantitative estimate of drug-likeness (QED) is 0.594. The maximum Gasteiger partial charge on any atom is 0.324 e. The van der Waals surface area contributed by atoms with Gasteiger partial charge in [0.25, 0.3) is 0 Å². The summed E-state index contributed by atoms with van der Waals surface area (Å²) in [5.41, 5.74) is 5.47. The van der Waals surface area contributed by atoms with Gasteiger partial charge in [-0.25, -0.2) is 9.78 Å². The lowest BCUT2D eigenvalue weighted by Gasteiger charge is -2.11. The molecule has 0 unspecified atom stereocenters. The van der Waals surface area contributed by atoms with Crippen molar-refractivity contribution in [3.05, 3.63) is 18.3 Å². The molecule has 0 bridgehead atoms. The van der Waals surface area contributed by atoms with Crippen molar-refractivity contribution in [3.8, 4) is 0 Å². The molecule has 2 heterocycles. The van der Waals surface area contributed by atoms with E-state index >= 15 is 0 Å². The van der Waals surface area contributed by atoms with Crippen LogP contribution in [0.4, 0.5) is 10.6 Å². The molecule has 90 valence electrons. The summed E-state index contributed by atoms with van der Waals surface area (Å²) < 4.78 is 0. The van der Waals surface area contributed by atoms with Gasteiger partial charge in [-0.15, -0.1) is 11.8 Å². The van der Waals surface area contributed by atoms with Crippen molar-refractivity contribution >= 4 is 29.5 Å². The second-order valence-corrected chi connectivity index (χ2v) is 4.64. The number of amides is 3. The van der Waals surface area contributed by atoms with Gasteiger partial charge < -0.3 is 11.1 Å². The van der Waals surface area contributed by atoms with E-state index in [-0.39, 0.29) is 18.5 Å². The predicted octanol–water partition coefficient (Wildman–Crippen LogP) is 0.308. The van der Waals surface area contributed by atoms with E-state index in [2.05, 4.69) is 10.3 Å². The van der Waals surface area contributed by atoms with Crippen molar-refractivity contribution < 1.29 is 9.59 Å². The lowest BCUT2D eigenvalue weighted by atomic mass is 10.5. The van der Waals surface area contributed by atoms with Crippen molar-refractivity contribution in [2.75, 3.05) is 24.6 Å². The number of imide groups is 1. The molecule has 0 aliphatic carbocycles. The summed E-state index contributed by atoms with van der Waals surface area (Å²) in [5.74, 6) is 0.944. The molecule has 3 amide bonds. The third kappa shape index (κ3) is 2.88. The standard InChI is InChI=1S/C10H12N4O2S/c11-8-2-1-7(5-12-8)17-4-3-14-9(15)6-13-10(14)16/h1-2,5H,3-4,6H2,(H2,11,12)(H,13,16). The van der Waals surface area contributed by atoms with Gasteiger partial charge in [-0.3, -0.25) is 9.69 Å². The molecule has 1 fully saturated rings. The molecule has 3 N–H and O–H groups in total. The largest absolute Gasteiger partial charge is 0.384 e. The van der Waals surface area contributed by atoms with Gasteiger partial charge in [0.15, 0.2) is 0 Å². The Bertz CT molecular complexity index is 418. The van der Waals surface area contributed by atoms with Crippen LogP contribution in [0.5, 0.6) is 0 Å². The van der Waals surface area contributed by atoms with Crippen LogP contribution in [0.3, 0.4) is 0 Å².